The molecule has 1 N–H and O–H groups in total. The summed E-state index contributed by atoms with van der Waals surface area (Å²) in [6.45, 7) is 2.86. The Morgan fingerprint density at radius 3 is 2.67 bits per heavy atom. The van der Waals surface area contributed by atoms with Crippen molar-refractivity contribution in [3.63, 3.8) is 0 Å². The Morgan fingerprint density at radius 2 is 1.93 bits per heavy atom. The summed E-state index contributed by atoms with van der Waals surface area (Å²) >= 11 is 5.81. The first-order chi connectivity index (χ1) is 20.8. The predicted octanol–water partition coefficient (Wildman–Crippen LogP) is 5.33. The van der Waals surface area contributed by atoms with Gasteiger partial charge in [0.05, 0.1) is 47.4 Å². The molecule has 0 bridgehead atoms. The molecule has 12 heteroatoms. The van der Waals surface area contributed by atoms with E-state index in [9.17, 15) is 14.3 Å². The van der Waals surface area contributed by atoms with Crippen LogP contribution in [0.5, 0.6) is 11.6 Å². The fourth-order valence-corrected chi connectivity index (χ4v) is 5.36. The van der Waals surface area contributed by atoms with E-state index >= 15 is 0 Å². The highest BCUT2D eigenvalue weighted by molar-refractivity contribution is 6.30. The number of hydrogen-bond acceptors (Lipinski definition) is 7. The monoisotopic (exact) mass is 604 g/mol. The topological polar surface area (TPSA) is 108 Å². The van der Waals surface area contributed by atoms with Crippen molar-refractivity contribution in [3.8, 4) is 11.6 Å². The van der Waals surface area contributed by atoms with Crippen molar-refractivity contribution < 1.29 is 23.8 Å². The van der Waals surface area contributed by atoms with Crippen LogP contribution >= 0.6 is 11.6 Å². The summed E-state index contributed by atoms with van der Waals surface area (Å²) in [5.74, 6) is -0.0139. The molecule has 1 saturated heterocycles. The second-order valence-corrected chi connectivity index (χ2v) is 11.0. The minimum atomic E-state index is -0.971. The lowest BCUT2D eigenvalue weighted by Gasteiger charge is -2.31. The number of carboxylic acids is 1. The first-order valence-electron chi connectivity index (χ1n) is 13.9. The smallest absolute Gasteiger partial charge is 0.335 e. The number of nitrogens with zero attached hydrogens (tertiary/aromatic N) is 6. The van der Waals surface area contributed by atoms with Gasteiger partial charge in [-0.25, -0.2) is 24.1 Å². The molecule has 0 saturated carbocycles. The minimum absolute atomic E-state index is 0.0000117. The molecule has 1 aliphatic rings. The van der Waals surface area contributed by atoms with Crippen molar-refractivity contribution in [1.82, 2.24) is 29.0 Å². The Bertz CT molecular complexity index is 1760. The maximum atomic E-state index is 14.0. The molecule has 0 spiro atoms. The molecule has 0 radical (unpaired) electrons. The summed E-state index contributed by atoms with van der Waals surface area (Å²) in [6.07, 6.45) is 5.18. The lowest BCUT2D eigenvalue weighted by molar-refractivity contribution is 0.0697. The van der Waals surface area contributed by atoms with E-state index in [1.807, 2.05) is 29.9 Å². The zero-order chi connectivity index (χ0) is 29.9. The van der Waals surface area contributed by atoms with Crippen LogP contribution in [0.15, 0.2) is 67.1 Å². The van der Waals surface area contributed by atoms with E-state index in [1.165, 1.54) is 12.1 Å². The zero-order valence-corrected chi connectivity index (χ0v) is 24.2. The fourth-order valence-electron chi connectivity index (χ4n) is 5.21. The molecule has 3 aromatic heterocycles. The van der Waals surface area contributed by atoms with Gasteiger partial charge in [0.15, 0.2) is 11.6 Å². The number of aromatic carboxylic acids is 1. The molecule has 5 aromatic rings. The molecule has 4 heterocycles. The van der Waals surface area contributed by atoms with Gasteiger partial charge < -0.3 is 23.7 Å². The van der Waals surface area contributed by atoms with Gasteiger partial charge in [-0.3, -0.25) is 4.90 Å². The average molecular weight is 605 g/mol. The number of aromatic nitrogens is 5. The Kier molecular flexibility index (Phi) is 8.26. The molecule has 0 aliphatic carbocycles. The van der Waals surface area contributed by atoms with E-state index in [0.717, 1.165) is 48.5 Å². The van der Waals surface area contributed by atoms with E-state index in [4.69, 9.17) is 26.1 Å². The lowest BCUT2D eigenvalue weighted by Crippen LogP contribution is -2.38. The maximum absolute atomic E-state index is 14.0. The van der Waals surface area contributed by atoms with Gasteiger partial charge in [0.2, 0.25) is 5.88 Å². The third-order valence-corrected chi connectivity index (χ3v) is 7.78. The molecule has 0 atom stereocenters. The molecule has 222 valence electrons. The van der Waals surface area contributed by atoms with Gasteiger partial charge in [0.25, 0.3) is 0 Å². The highest BCUT2D eigenvalue weighted by atomic mass is 35.5. The van der Waals surface area contributed by atoms with Crippen molar-refractivity contribution in [1.29, 1.82) is 0 Å². The van der Waals surface area contributed by atoms with E-state index in [2.05, 4.69) is 19.4 Å². The number of carbonyl (C=O) groups is 1. The second kappa shape index (κ2) is 12.4. The minimum Gasteiger partial charge on any atom is -0.484 e. The molecule has 0 unspecified atom stereocenters. The number of aryl methyl sites for hydroxylation is 1. The van der Waals surface area contributed by atoms with Crippen molar-refractivity contribution in [2.75, 3.05) is 13.1 Å². The number of carboxylic acid groups (broad SMARTS) is 1. The molecule has 43 heavy (non-hydrogen) atoms. The quantitative estimate of drug-likeness (QED) is 0.228. The van der Waals surface area contributed by atoms with Crippen molar-refractivity contribution in [3.05, 3.63) is 101 Å². The number of rotatable bonds is 10. The van der Waals surface area contributed by atoms with Crippen LogP contribution in [0.1, 0.15) is 40.4 Å². The van der Waals surface area contributed by atoms with E-state index in [1.54, 1.807) is 36.7 Å². The van der Waals surface area contributed by atoms with Crippen LogP contribution in [0.2, 0.25) is 5.02 Å². The number of likely N-dealkylation sites (tertiary alicyclic amines) is 1. The summed E-state index contributed by atoms with van der Waals surface area (Å²) in [5.41, 5.74) is 3.39. The second-order valence-electron chi connectivity index (χ2n) is 10.5. The molecule has 0 amide bonds. The predicted molar refractivity (Wildman–Crippen MR) is 158 cm³/mol. The molecule has 2 aromatic carbocycles. The number of ether oxygens (including phenoxy) is 2. The largest absolute Gasteiger partial charge is 0.484 e. The number of imidazole rings is 2. The van der Waals surface area contributed by atoms with Gasteiger partial charge >= 0.3 is 5.97 Å². The van der Waals surface area contributed by atoms with Crippen LogP contribution in [0.4, 0.5) is 4.39 Å². The van der Waals surface area contributed by atoms with E-state index in [-0.39, 0.29) is 24.0 Å². The number of halogens is 2. The number of benzene rings is 2. The average Bonchev–Trinajstić information content (AvgIpc) is 3.55. The first kappa shape index (κ1) is 28.6. The van der Waals surface area contributed by atoms with Gasteiger partial charge in [-0.1, -0.05) is 17.7 Å². The van der Waals surface area contributed by atoms with Crippen LogP contribution in [0, 0.1) is 5.82 Å². The molecule has 1 aliphatic heterocycles. The number of piperidine rings is 1. The van der Waals surface area contributed by atoms with Gasteiger partial charge in [-0.2, -0.15) is 0 Å². The third-order valence-electron chi connectivity index (χ3n) is 7.55. The first-order valence-corrected chi connectivity index (χ1v) is 14.3. The lowest BCUT2D eigenvalue weighted by atomic mass is 10.1. The van der Waals surface area contributed by atoms with E-state index < -0.39 is 11.8 Å². The molecule has 10 nitrogen and oxygen atoms in total. The van der Waals surface area contributed by atoms with Gasteiger partial charge in [0.1, 0.15) is 18.5 Å². The molecular weight excluding hydrogens is 575 g/mol. The number of pyridine rings is 1. The Labute approximate surface area is 252 Å². The van der Waals surface area contributed by atoms with Crippen LogP contribution in [-0.2, 0) is 26.7 Å². The molecule has 6 rings (SSSR count). The highest BCUT2D eigenvalue weighted by Crippen LogP contribution is 2.25. The summed E-state index contributed by atoms with van der Waals surface area (Å²) < 4.78 is 29.9. The summed E-state index contributed by atoms with van der Waals surface area (Å²) in [5, 5.41) is 9.86. The van der Waals surface area contributed by atoms with Crippen molar-refractivity contribution in [2.45, 2.75) is 38.6 Å². The number of fused-ring (bicyclic) bond motifs is 1. The zero-order valence-electron chi connectivity index (χ0n) is 23.5. The third kappa shape index (κ3) is 6.63. The molecular formula is C31H30ClFN6O4. The van der Waals surface area contributed by atoms with Crippen LogP contribution in [0.25, 0.3) is 11.0 Å². The maximum Gasteiger partial charge on any atom is 0.335 e. The Hall–Kier alpha value is -4.48. The van der Waals surface area contributed by atoms with Crippen LogP contribution in [-0.4, -0.2) is 59.3 Å². The summed E-state index contributed by atoms with van der Waals surface area (Å²) in [6, 6.07) is 14.8. The van der Waals surface area contributed by atoms with Crippen molar-refractivity contribution >= 4 is 28.6 Å². The SMILES string of the molecule is Cn1cncc1Cn1c(CN2CCC(Oc3cccc(COc4ccc(Cl)cc4F)n3)CC2)nc2ccc(C(=O)O)cc21. The standard InChI is InChI=1S/C31H30ClFN6O4/c1-37-19-34-15-23(37)16-39-27-13-20(31(40)41)5-7-26(27)36-29(39)17-38-11-9-24(10-12-38)43-30-4-2-3-22(35-30)18-42-28-8-6-21(32)14-25(28)33/h2-8,13-15,19,24H,9-12,16-18H2,1H3,(H,40,41). The Balaban J connectivity index is 1.09. The van der Waals surface area contributed by atoms with Gasteiger partial charge in [0, 0.05) is 37.4 Å². The fraction of sp³-hybridized carbons (Fsp3) is 0.290. The number of hydrogen-bond donors (Lipinski definition) is 1. The van der Waals surface area contributed by atoms with Gasteiger partial charge in [-0.15, -0.1) is 0 Å². The van der Waals surface area contributed by atoms with Crippen LogP contribution < -0.4 is 9.47 Å². The Morgan fingerprint density at radius 1 is 1.09 bits per heavy atom. The normalized spacial score (nSPS) is 14.3. The summed E-state index contributed by atoms with van der Waals surface area (Å²) in [7, 11) is 1.94. The highest BCUT2D eigenvalue weighted by Gasteiger charge is 2.24. The summed E-state index contributed by atoms with van der Waals surface area (Å²) in [4.78, 5) is 27.6. The van der Waals surface area contributed by atoms with E-state index in [0.29, 0.717) is 29.7 Å². The molecule has 1 fully saturated rings. The van der Waals surface area contributed by atoms with Gasteiger partial charge in [-0.05, 0) is 55.3 Å². The van der Waals surface area contributed by atoms with Crippen molar-refractivity contribution in [2.24, 2.45) is 7.05 Å². The van der Waals surface area contributed by atoms with Crippen LogP contribution in [0.3, 0.4) is 0 Å².